The monoisotopic (exact) mass is 485 g/mol. The molecule has 148 valence electrons. The molecule has 0 amide bonds. The highest BCUT2D eigenvalue weighted by molar-refractivity contribution is 14.0. The van der Waals surface area contributed by atoms with Crippen LogP contribution in [0.1, 0.15) is 18.1 Å². The van der Waals surface area contributed by atoms with Crippen molar-refractivity contribution >= 4 is 29.9 Å². The highest BCUT2D eigenvalue weighted by Gasteiger charge is 2.05. The summed E-state index contributed by atoms with van der Waals surface area (Å²) in [7, 11) is 4.93. The third-order valence-corrected chi connectivity index (χ3v) is 3.81. The Morgan fingerprint density at radius 3 is 2.33 bits per heavy atom. The molecule has 0 aliphatic heterocycles. The number of hydrogen-bond acceptors (Lipinski definition) is 4. The van der Waals surface area contributed by atoms with E-state index < -0.39 is 0 Å². The van der Waals surface area contributed by atoms with Crippen LogP contribution in [0, 0.1) is 0 Å². The number of halogens is 1. The minimum absolute atomic E-state index is 0. The van der Waals surface area contributed by atoms with Gasteiger partial charge in [-0.1, -0.05) is 18.2 Å². The first-order chi connectivity index (χ1) is 12.7. The van der Waals surface area contributed by atoms with Crippen LogP contribution in [0.15, 0.2) is 47.5 Å². The maximum Gasteiger partial charge on any atom is 0.191 e. The molecule has 2 N–H and O–H groups in total. The van der Waals surface area contributed by atoms with E-state index in [1.807, 2.05) is 49.4 Å². The summed E-state index contributed by atoms with van der Waals surface area (Å²) in [6, 6.07) is 13.8. The largest absolute Gasteiger partial charge is 0.497 e. The fourth-order valence-electron chi connectivity index (χ4n) is 2.46. The molecule has 0 atom stereocenters. The summed E-state index contributed by atoms with van der Waals surface area (Å²) >= 11 is 0. The molecule has 0 heterocycles. The van der Waals surface area contributed by atoms with Gasteiger partial charge in [0.25, 0.3) is 0 Å². The Hall–Kier alpha value is -2.16. The molecule has 7 heteroatoms. The van der Waals surface area contributed by atoms with Crippen LogP contribution in [0.3, 0.4) is 0 Å². The SMILES string of the molecule is CCNC(=NCc1cccc(OC)c1)NCc1ccc(OC)c(OC)c1.I. The fourth-order valence-corrected chi connectivity index (χ4v) is 2.46. The summed E-state index contributed by atoms with van der Waals surface area (Å²) in [5, 5.41) is 6.59. The molecule has 0 radical (unpaired) electrons. The molecule has 0 aliphatic rings. The van der Waals surface area contributed by atoms with Gasteiger partial charge in [-0.05, 0) is 42.3 Å². The van der Waals surface area contributed by atoms with E-state index in [0.29, 0.717) is 18.8 Å². The summed E-state index contributed by atoms with van der Waals surface area (Å²) < 4.78 is 15.9. The maximum atomic E-state index is 5.35. The molecule has 2 aromatic rings. The van der Waals surface area contributed by atoms with Gasteiger partial charge in [0, 0.05) is 13.1 Å². The normalized spacial score (nSPS) is 10.6. The Labute approximate surface area is 178 Å². The van der Waals surface area contributed by atoms with Gasteiger partial charge in [-0.2, -0.15) is 0 Å². The summed E-state index contributed by atoms with van der Waals surface area (Å²) in [6.45, 7) is 4.03. The number of guanidine groups is 1. The number of methoxy groups -OCH3 is 3. The molecule has 6 nitrogen and oxygen atoms in total. The fraction of sp³-hybridized carbons (Fsp3) is 0.350. The van der Waals surface area contributed by atoms with Gasteiger partial charge in [-0.3, -0.25) is 0 Å². The van der Waals surface area contributed by atoms with E-state index in [2.05, 4.69) is 15.6 Å². The molecule has 0 unspecified atom stereocenters. The third kappa shape index (κ3) is 7.16. The summed E-state index contributed by atoms with van der Waals surface area (Å²) in [5.74, 6) is 3.02. The van der Waals surface area contributed by atoms with E-state index in [4.69, 9.17) is 14.2 Å². The van der Waals surface area contributed by atoms with Crippen LogP contribution in [-0.2, 0) is 13.1 Å². The number of ether oxygens (including phenoxy) is 3. The van der Waals surface area contributed by atoms with Gasteiger partial charge in [0.2, 0.25) is 0 Å². The lowest BCUT2D eigenvalue weighted by molar-refractivity contribution is 0.354. The Bertz CT molecular complexity index is 738. The summed E-state index contributed by atoms with van der Waals surface area (Å²) in [4.78, 5) is 4.63. The van der Waals surface area contributed by atoms with Crippen molar-refractivity contribution in [3.8, 4) is 17.2 Å². The molecule has 0 aliphatic carbocycles. The van der Waals surface area contributed by atoms with Crippen LogP contribution >= 0.6 is 24.0 Å². The van der Waals surface area contributed by atoms with Gasteiger partial charge in [-0.25, -0.2) is 4.99 Å². The van der Waals surface area contributed by atoms with Crippen molar-refractivity contribution in [2.24, 2.45) is 4.99 Å². The molecular formula is C20H28IN3O3. The molecule has 27 heavy (non-hydrogen) atoms. The van der Waals surface area contributed by atoms with E-state index in [-0.39, 0.29) is 24.0 Å². The smallest absolute Gasteiger partial charge is 0.191 e. The predicted octanol–water partition coefficient (Wildman–Crippen LogP) is 3.59. The van der Waals surface area contributed by atoms with Gasteiger partial charge >= 0.3 is 0 Å². The molecule has 0 fully saturated rings. The first-order valence-corrected chi connectivity index (χ1v) is 8.56. The minimum atomic E-state index is 0. The lowest BCUT2D eigenvalue weighted by Crippen LogP contribution is -2.36. The Morgan fingerprint density at radius 2 is 1.67 bits per heavy atom. The molecule has 0 bridgehead atoms. The molecule has 0 aromatic heterocycles. The zero-order chi connectivity index (χ0) is 18.8. The van der Waals surface area contributed by atoms with E-state index in [0.717, 1.165) is 35.1 Å². The number of aliphatic imine (C=N–C) groups is 1. The molecule has 0 saturated heterocycles. The molecule has 2 rings (SSSR count). The Morgan fingerprint density at radius 1 is 0.889 bits per heavy atom. The molecule has 0 spiro atoms. The second-order valence-electron chi connectivity index (χ2n) is 5.59. The van der Waals surface area contributed by atoms with Crippen LogP contribution in [0.25, 0.3) is 0 Å². The second kappa shape index (κ2) is 12.3. The van der Waals surface area contributed by atoms with Gasteiger partial charge in [0.1, 0.15) is 5.75 Å². The number of rotatable bonds is 8. The number of nitrogens with zero attached hydrogens (tertiary/aromatic N) is 1. The van der Waals surface area contributed by atoms with Crippen LogP contribution in [0.2, 0.25) is 0 Å². The predicted molar refractivity (Wildman–Crippen MR) is 120 cm³/mol. The average molecular weight is 485 g/mol. The number of benzene rings is 2. The van der Waals surface area contributed by atoms with E-state index in [1.54, 1.807) is 21.3 Å². The van der Waals surface area contributed by atoms with Crippen molar-refractivity contribution in [2.75, 3.05) is 27.9 Å². The zero-order valence-electron chi connectivity index (χ0n) is 16.2. The van der Waals surface area contributed by atoms with Crippen molar-refractivity contribution in [3.05, 3.63) is 53.6 Å². The molecule has 2 aromatic carbocycles. The van der Waals surface area contributed by atoms with Crippen molar-refractivity contribution < 1.29 is 14.2 Å². The van der Waals surface area contributed by atoms with Crippen molar-refractivity contribution in [3.63, 3.8) is 0 Å². The van der Waals surface area contributed by atoms with Gasteiger partial charge in [0.15, 0.2) is 17.5 Å². The van der Waals surface area contributed by atoms with Gasteiger partial charge in [0.05, 0.1) is 27.9 Å². The second-order valence-corrected chi connectivity index (χ2v) is 5.59. The zero-order valence-corrected chi connectivity index (χ0v) is 18.6. The number of hydrogen-bond donors (Lipinski definition) is 2. The Balaban J connectivity index is 0.00000364. The number of nitrogens with one attached hydrogen (secondary N) is 2. The van der Waals surface area contributed by atoms with E-state index >= 15 is 0 Å². The van der Waals surface area contributed by atoms with Crippen LogP contribution in [0.4, 0.5) is 0 Å². The lowest BCUT2D eigenvalue weighted by atomic mass is 10.2. The highest BCUT2D eigenvalue weighted by atomic mass is 127. The van der Waals surface area contributed by atoms with Crippen molar-refractivity contribution in [1.29, 1.82) is 0 Å². The Kier molecular flexibility index (Phi) is 10.4. The average Bonchev–Trinajstić information content (AvgIpc) is 2.69. The lowest BCUT2D eigenvalue weighted by Gasteiger charge is -2.13. The van der Waals surface area contributed by atoms with Crippen LogP contribution in [0.5, 0.6) is 17.2 Å². The standard InChI is InChI=1S/C20H27N3O3.HI/c1-5-21-20(22-13-15-7-6-8-17(11-15)24-2)23-14-16-9-10-18(25-3)19(12-16)26-4;/h6-12H,5,13-14H2,1-4H3,(H2,21,22,23);1H. The van der Waals surface area contributed by atoms with Gasteiger partial charge < -0.3 is 24.8 Å². The maximum absolute atomic E-state index is 5.35. The first-order valence-electron chi connectivity index (χ1n) is 8.56. The van der Waals surface area contributed by atoms with Crippen LogP contribution in [-0.4, -0.2) is 33.8 Å². The topological polar surface area (TPSA) is 64.1 Å². The van der Waals surface area contributed by atoms with E-state index in [1.165, 1.54) is 0 Å². The minimum Gasteiger partial charge on any atom is -0.497 e. The van der Waals surface area contributed by atoms with Crippen LogP contribution < -0.4 is 24.8 Å². The summed E-state index contributed by atoms with van der Waals surface area (Å²) in [6.07, 6.45) is 0. The third-order valence-electron chi connectivity index (χ3n) is 3.81. The van der Waals surface area contributed by atoms with Gasteiger partial charge in [-0.15, -0.1) is 24.0 Å². The quantitative estimate of drug-likeness (QED) is 0.340. The molecule has 0 saturated carbocycles. The first kappa shape index (κ1) is 22.9. The highest BCUT2D eigenvalue weighted by Crippen LogP contribution is 2.27. The molecular weight excluding hydrogens is 457 g/mol. The van der Waals surface area contributed by atoms with Crippen molar-refractivity contribution in [2.45, 2.75) is 20.0 Å². The van der Waals surface area contributed by atoms with E-state index in [9.17, 15) is 0 Å². The van der Waals surface area contributed by atoms with Crippen molar-refractivity contribution in [1.82, 2.24) is 10.6 Å². The summed E-state index contributed by atoms with van der Waals surface area (Å²) in [5.41, 5.74) is 2.17.